The van der Waals surface area contributed by atoms with Crippen LogP contribution in [0.3, 0.4) is 0 Å². The number of ether oxygens (including phenoxy) is 2. The van der Waals surface area contributed by atoms with Crippen molar-refractivity contribution in [1.29, 1.82) is 0 Å². The highest BCUT2D eigenvalue weighted by Gasteiger charge is 2.19. The lowest BCUT2D eigenvalue weighted by atomic mass is 10.1. The molecule has 1 aromatic carbocycles. The molecule has 0 atom stereocenters. The fourth-order valence-electron chi connectivity index (χ4n) is 2.14. The third kappa shape index (κ3) is 8.07. The van der Waals surface area contributed by atoms with Gasteiger partial charge in [-0.25, -0.2) is 0 Å². The number of nitrogens with zero attached hydrogens (tertiary/aromatic N) is 1. The van der Waals surface area contributed by atoms with E-state index in [2.05, 4.69) is 10.6 Å². The Kier molecular flexibility index (Phi) is 8.43. The van der Waals surface area contributed by atoms with Crippen molar-refractivity contribution in [3.05, 3.63) is 29.8 Å². The lowest BCUT2D eigenvalue weighted by Crippen LogP contribution is -2.47. The molecule has 0 fully saturated rings. The number of likely N-dealkylation sites (N-methyl/N-ethyl adjacent to an activating group) is 1. The molecule has 0 saturated carbocycles. The molecule has 0 radical (unpaired) electrons. The number of benzene rings is 1. The van der Waals surface area contributed by atoms with Crippen LogP contribution in [-0.2, 0) is 19.1 Å². The van der Waals surface area contributed by atoms with Gasteiger partial charge in [0.05, 0.1) is 19.2 Å². The molecule has 1 rings (SSSR count). The molecule has 154 valence electrons. The van der Waals surface area contributed by atoms with Gasteiger partial charge in [0.15, 0.2) is 6.61 Å². The first-order valence-corrected chi connectivity index (χ1v) is 8.65. The Labute approximate surface area is 164 Å². The van der Waals surface area contributed by atoms with Gasteiger partial charge in [0.2, 0.25) is 5.91 Å². The van der Waals surface area contributed by atoms with E-state index in [0.717, 1.165) is 4.90 Å². The summed E-state index contributed by atoms with van der Waals surface area (Å²) in [4.78, 5) is 48.8. The average molecular weight is 393 g/mol. The Morgan fingerprint density at radius 3 is 2.36 bits per heavy atom. The largest absolute Gasteiger partial charge is 0.496 e. The Morgan fingerprint density at radius 2 is 1.75 bits per heavy atom. The zero-order chi connectivity index (χ0) is 21.3. The molecule has 3 amide bonds. The van der Waals surface area contributed by atoms with Crippen molar-refractivity contribution in [3.63, 3.8) is 0 Å². The topological polar surface area (TPSA) is 114 Å². The van der Waals surface area contributed by atoms with Crippen LogP contribution in [0.25, 0.3) is 0 Å². The van der Waals surface area contributed by atoms with Gasteiger partial charge in [-0.15, -0.1) is 0 Å². The van der Waals surface area contributed by atoms with Crippen LogP contribution in [0.2, 0.25) is 0 Å². The summed E-state index contributed by atoms with van der Waals surface area (Å²) < 4.78 is 9.92. The van der Waals surface area contributed by atoms with E-state index in [1.54, 1.807) is 24.3 Å². The smallest absolute Gasteiger partial charge is 0.325 e. The van der Waals surface area contributed by atoms with E-state index < -0.39 is 36.5 Å². The summed E-state index contributed by atoms with van der Waals surface area (Å²) in [5.41, 5.74) is -0.133. The number of esters is 1. The van der Waals surface area contributed by atoms with Crippen LogP contribution in [-0.4, -0.2) is 68.0 Å². The second-order valence-electron chi connectivity index (χ2n) is 7.09. The van der Waals surface area contributed by atoms with Gasteiger partial charge in [0, 0.05) is 12.6 Å². The Bertz CT molecular complexity index is 727. The van der Waals surface area contributed by atoms with Gasteiger partial charge >= 0.3 is 5.97 Å². The van der Waals surface area contributed by atoms with E-state index in [1.165, 1.54) is 14.2 Å². The summed E-state index contributed by atoms with van der Waals surface area (Å²) in [6.07, 6.45) is 0. The molecule has 9 nitrogen and oxygen atoms in total. The predicted molar refractivity (Wildman–Crippen MR) is 102 cm³/mol. The van der Waals surface area contributed by atoms with Gasteiger partial charge in [-0.3, -0.25) is 19.2 Å². The predicted octanol–water partition coefficient (Wildman–Crippen LogP) is 0.341. The molecule has 0 saturated heterocycles. The van der Waals surface area contributed by atoms with E-state index in [-0.39, 0.29) is 18.0 Å². The molecule has 0 heterocycles. The van der Waals surface area contributed by atoms with Crippen LogP contribution in [0.15, 0.2) is 24.3 Å². The van der Waals surface area contributed by atoms with Gasteiger partial charge in [-0.2, -0.15) is 0 Å². The molecular formula is C19H27N3O6. The Balaban J connectivity index is 2.40. The lowest BCUT2D eigenvalue weighted by Gasteiger charge is -2.23. The first-order valence-electron chi connectivity index (χ1n) is 8.65. The van der Waals surface area contributed by atoms with Gasteiger partial charge in [-0.05, 0) is 32.9 Å². The van der Waals surface area contributed by atoms with Crippen molar-refractivity contribution < 1.29 is 28.7 Å². The molecule has 0 spiro atoms. The Morgan fingerprint density at radius 1 is 1.11 bits per heavy atom. The van der Waals surface area contributed by atoms with Crippen LogP contribution in [0.1, 0.15) is 31.1 Å². The highest BCUT2D eigenvalue weighted by molar-refractivity contribution is 5.98. The summed E-state index contributed by atoms with van der Waals surface area (Å²) in [6, 6.07) is 6.56. The van der Waals surface area contributed by atoms with E-state index in [4.69, 9.17) is 9.47 Å². The zero-order valence-corrected chi connectivity index (χ0v) is 16.8. The molecule has 0 unspecified atom stereocenters. The molecular weight excluding hydrogens is 366 g/mol. The number of carbonyl (C=O) groups excluding carboxylic acids is 4. The molecule has 0 aliphatic rings. The Hall–Kier alpha value is -3.10. The minimum absolute atomic E-state index is 0.155. The maximum absolute atomic E-state index is 12.1. The monoisotopic (exact) mass is 393 g/mol. The summed E-state index contributed by atoms with van der Waals surface area (Å²) in [7, 11) is 2.87. The fourth-order valence-corrected chi connectivity index (χ4v) is 2.14. The summed E-state index contributed by atoms with van der Waals surface area (Å²) in [5.74, 6) is -1.76. The number of methoxy groups -OCH3 is 1. The third-order valence-electron chi connectivity index (χ3n) is 3.42. The molecule has 2 N–H and O–H groups in total. The molecule has 0 aliphatic carbocycles. The van der Waals surface area contributed by atoms with Crippen molar-refractivity contribution in [2.75, 3.05) is 33.9 Å². The van der Waals surface area contributed by atoms with Crippen LogP contribution in [0, 0.1) is 0 Å². The summed E-state index contributed by atoms with van der Waals surface area (Å²) in [6.45, 7) is 4.40. The third-order valence-corrected chi connectivity index (χ3v) is 3.42. The standard InChI is InChI=1S/C19H27N3O6/c1-19(2,3)21-15(23)11-22(4)16(24)12-28-17(25)10-20-18(26)13-8-6-7-9-14(13)27-5/h6-9H,10-12H2,1-5H3,(H,20,26)(H,21,23). The molecule has 9 heteroatoms. The SMILES string of the molecule is COc1ccccc1C(=O)NCC(=O)OCC(=O)N(C)CC(=O)NC(C)(C)C. The van der Waals surface area contributed by atoms with Crippen molar-refractivity contribution in [1.82, 2.24) is 15.5 Å². The molecule has 28 heavy (non-hydrogen) atoms. The normalized spacial score (nSPS) is 10.6. The number of amides is 3. The average Bonchev–Trinajstić information content (AvgIpc) is 2.62. The van der Waals surface area contributed by atoms with Crippen LogP contribution in [0.4, 0.5) is 0 Å². The van der Waals surface area contributed by atoms with Crippen molar-refractivity contribution in [2.24, 2.45) is 0 Å². The van der Waals surface area contributed by atoms with Crippen LogP contribution in [0.5, 0.6) is 5.75 Å². The number of carbonyl (C=O) groups is 4. The number of rotatable bonds is 8. The van der Waals surface area contributed by atoms with Gasteiger partial charge < -0.3 is 25.0 Å². The van der Waals surface area contributed by atoms with Gasteiger partial charge in [-0.1, -0.05) is 12.1 Å². The van der Waals surface area contributed by atoms with E-state index in [0.29, 0.717) is 5.75 Å². The van der Waals surface area contributed by atoms with E-state index >= 15 is 0 Å². The maximum atomic E-state index is 12.1. The lowest BCUT2D eigenvalue weighted by molar-refractivity contribution is -0.151. The summed E-state index contributed by atoms with van der Waals surface area (Å²) in [5, 5.41) is 5.13. The second kappa shape index (κ2) is 10.3. The quantitative estimate of drug-likeness (QED) is 0.616. The second-order valence-corrected chi connectivity index (χ2v) is 7.09. The molecule has 0 bridgehead atoms. The molecule has 0 aliphatic heterocycles. The molecule has 0 aromatic heterocycles. The van der Waals surface area contributed by atoms with Crippen LogP contribution < -0.4 is 15.4 Å². The van der Waals surface area contributed by atoms with Crippen LogP contribution >= 0.6 is 0 Å². The first-order chi connectivity index (χ1) is 13.0. The number of hydrogen-bond donors (Lipinski definition) is 2. The van der Waals surface area contributed by atoms with Crippen molar-refractivity contribution >= 4 is 23.7 Å². The van der Waals surface area contributed by atoms with Gasteiger partial charge in [0.25, 0.3) is 11.8 Å². The van der Waals surface area contributed by atoms with Gasteiger partial charge in [0.1, 0.15) is 12.3 Å². The van der Waals surface area contributed by atoms with E-state index in [9.17, 15) is 19.2 Å². The van der Waals surface area contributed by atoms with Crippen molar-refractivity contribution in [3.8, 4) is 5.75 Å². The van der Waals surface area contributed by atoms with Crippen molar-refractivity contribution in [2.45, 2.75) is 26.3 Å². The fraction of sp³-hybridized carbons (Fsp3) is 0.474. The summed E-state index contributed by atoms with van der Waals surface area (Å²) >= 11 is 0. The minimum atomic E-state index is -0.774. The number of para-hydroxylation sites is 1. The maximum Gasteiger partial charge on any atom is 0.325 e. The first kappa shape index (κ1) is 22.9. The number of nitrogens with one attached hydrogen (secondary N) is 2. The minimum Gasteiger partial charge on any atom is -0.496 e. The zero-order valence-electron chi connectivity index (χ0n) is 16.8. The highest BCUT2D eigenvalue weighted by Crippen LogP contribution is 2.16. The molecule has 1 aromatic rings. The van der Waals surface area contributed by atoms with E-state index in [1.807, 2.05) is 20.8 Å². The number of hydrogen-bond acceptors (Lipinski definition) is 6. The highest BCUT2D eigenvalue weighted by atomic mass is 16.5.